The van der Waals surface area contributed by atoms with Gasteiger partial charge in [0.05, 0.1) is 6.04 Å². The first-order chi connectivity index (χ1) is 10.1. The van der Waals surface area contributed by atoms with Crippen LogP contribution in [0, 0.1) is 0 Å². The van der Waals surface area contributed by atoms with E-state index in [1.165, 1.54) is 0 Å². The van der Waals surface area contributed by atoms with Gasteiger partial charge in [0, 0.05) is 11.1 Å². The maximum Gasteiger partial charge on any atom is 0.241 e. The second-order valence-corrected chi connectivity index (χ2v) is 6.26. The molecule has 1 aromatic rings. The van der Waals surface area contributed by atoms with Gasteiger partial charge in [0.2, 0.25) is 5.91 Å². The summed E-state index contributed by atoms with van der Waals surface area (Å²) in [4.78, 5) is 14.6. The Morgan fingerprint density at radius 3 is 2.76 bits per heavy atom. The van der Waals surface area contributed by atoms with E-state index < -0.39 is 0 Å². The van der Waals surface area contributed by atoms with Crippen molar-refractivity contribution in [2.45, 2.75) is 64.7 Å². The monoisotopic (exact) mass is 308 g/mol. The lowest BCUT2D eigenvalue weighted by molar-refractivity contribution is -0.132. The maximum absolute atomic E-state index is 12.6. The topological polar surface area (TPSA) is 32.3 Å². The van der Waals surface area contributed by atoms with Crippen LogP contribution in [0.15, 0.2) is 24.3 Å². The molecule has 0 radical (unpaired) electrons. The van der Waals surface area contributed by atoms with Gasteiger partial charge in [-0.3, -0.25) is 10.1 Å². The van der Waals surface area contributed by atoms with Gasteiger partial charge in [-0.2, -0.15) is 0 Å². The number of carbonyl (C=O) groups excluding carboxylic acids is 1. The highest BCUT2D eigenvalue weighted by Gasteiger charge is 2.40. The van der Waals surface area contributed by atoms with Crippen LogP contribution in [0.5, 0.6) is 0 Å². The van der Waals surface area contributed by atoms with Crippen molar-refractivity contribution in [3.63, 3.8) is 0 Å². The van der Waals surface area contributed by atoms with E-state index in [1.54, 1.807) is 0 Å². The van der Waals surface area contributed by atoms with Crippen LogP contribution in [0.25, 0.3) is 0 Å². The minimum atomic E-state index is -0.0851. The van der Waals surface area contributed by atoms with E-state index in [2.05, 4.69) is 19.2 Å². The van der Waals surface area contributed by atoms with E-state index in [9.17, 15) is 4.79 Å². The van der Waals surface area contributed by atoms with Gasteiger partial charge in [0.1, 0.15) is 6.17 Å². The van der Waals surface area contributed by atoms with Gasteiger partial charge in [0.25, 0.3) is 0 Å². The minimum absolute atomic E-state index is 0.0620. The molecule has 3 atom stereocenters. The molecule has 0 aromatic heterocycles. The second-order valence-electron chi connectivity index (χ2n) is 5.82. The Bertz CT molecular complexity index is 491. The Balaban J connectivity index is 2.26. The summed E-state index contributed by atoms with van der Waals surface area (Å²) in [6.45, 7) is 6.37. The molecule has 116 valence electrons. The summed E-state index contributed by atoms with van der Waals surface area (Å²) in [6, 6.07) is 7.95. The average Bonchev–Trinajstić information content (AvgIpc) is 2.81. The van der Waals surface area contributed by atoms with Crippen LogP contribution in [0.1, 0.15) is 58.2 Å². The largest absolute Gasteiger partial charge is 0.319 e. The molecule has 1 aliphatic heterocycles. The molecule has 2 rings (SSSR count). The number of halogens is 1. The molecule has 1 amide bonds. The van der Waals surface area contributed by atoms with E-state index >= 15 is 0 Å². The molecule has 4 heteroatoms. The fraction of sp³-hybridized carbons (Fsp3) is 0.588. The molecule has 1 aliphatic rings. The molecule has 0 saturated carbocycles. The third-order valence-electron chi connectivity index (χ3n) is 4.21. The van der Waals surface area contributed by atoms with Crippen molar-refractivity contribution < 1.29 is 4.79 Å². The van der Waals surface area contributed by atoms with E-state index in [-0.39, 0.29) is 24.2 Å². The lowest BCUT2D eigenvalue weighted by atomic mass is 10.1. The highest BCUT2D eigenvalue weighted by atomic mass is 35.5. The Hall–Kier alpha value is -1.06. The van der Waals surface area contributed by atoms with E-state index in [0.717, 1.165) is 31.2 Å². The first kappa shape index (κ1) is 16.3. The summed E-state index contributed by atoms with van der Waals surface area (Å²) in [5.41, 5.74) is 1.06. The Morgan fingerprint density at radius 1 is 1.38 bits per heavy atom. The number of hydrogen-bond acceptors (Lipinski definition) is 2. The fourth-order valence-electron chi connectivity index (χ4n) is 2.99. The molecule has 21 heavy (non-hydrogen) atoms. The summed E-state index contributed by atoms with van der Waals surface area (Å²) in [6.07, 6.45) is 4.08. The van der Waals surface area contributed by atoms with Crippen molar-refractivity contribution in [2.75, 3.05) is 0 Å². The van der Waals surface area contributed by atoms with Gasteiger partial charge >= 0.3 is 0 Å². The molecule has 1 saturated heterocycles. The molecule has 1 N–H and O–H groups in total. The summed E-state index contributed by atoms with van der Waals surface area (Å²) < 4.78 is 0. The van der Waals surface area contributed by atoms with Gasteiger partial charge in [-0.25, -0.2) is 0 Å². The highest BCUT2D eigenvalue weighted by molar-refractivity contribution is 6.30. The normalized spacial score (nSPS) is 23.6. The Labute approximate surface area is 132 Å². The highest BCUT2D eigenvalue weighted by Crippen LogP contribution is 2.31. The van der Waals surface area contributed by atoms with Crippen LogP contribution < -0.4 is 5.32 Å². The maximum atomic E-state index is 12.6. The van der Waals surface area contributed by atoms with Crippen molar-refractivity contribution in [3.05, 3.63) is 34.9 Å². The molecule has 0 aliphatic carbocycles. The summed E-state index contributed by atoms with van der Waals surface area (Å²) >= 11 is 6.11. The molecule has 1 fully saturated rings. The summed E-state index contributed by atoms with van der Waals surface area (Å²) in [5.74, 6) is 0.214. The molecule has 0 bridgehead atoms. The second kappa shape index (κ2) is 7.28. The zero-order chi connectivity index (χ0) is 15.4. The lowest BCUT2D eigenvalue weighted by Gasteiger charge is -2.30. The van der Waals surface area contributed by atoms with Gasteiger partial charge in [-0.1, -0.05) is 50.4 Å². The number of rotatable bonds is 6. The smallest absolute Gasteiger partial charge is 0.241 e. The molecular weight excluding hydrogens is 284 g/mol. The van der Waals surface area contributed by atoms with Gasteiger partial charge in [0.15, 0.2) is 0 Å². The SMILES string of the molecule is CCCCC(C)N1C(=O)C(CC)NC1c1cccc(Cl)c1. The van der Waals surface area contributed by atoms with Gasteiger partial charge < -0.3 is 4.90 Å². The Kier molecular flexibility index (Phi) is 5.65. The predicted octanol–water partition coefficient (Wildman–Crippen LogP) is 4.13. The van der Waals surface area contributed by atoms with Crippen molar-refractivity contribution in [3.8, 4) is 0 Å². The fourth-order valence-corrected chi connectivity index (χ4v) is 3.18. The van der Waals surface area contributed by atoms with Crippen LogP contribution in [-0.4, -0.2) is 22.9 Å². The van der Waals surface area contributed by atoms with Crippen molar-refractivity contribution in [2.24, 2.45) is 0 Å². The summed E-state index contributed by atoms with van der Waals surface area (Å²) in [5, 5.41) is 4.17. The summed E-state index contributed by atoms with van der Waals surface area (Å²) in [7, 11) is 0. The number of hydrogen-bond donors (Lipinski definition) is 1. The average molecular weight is 309 g/mol. The van der Waals surface area contributed by atoms with Crippen LogP contribution in [0.4, 0.5) is 0 Å². The Morgan fingerprint density at radius 2 is 2.14 bits per heavy atom. The van der Waals surface area contributed by atoms with Crippen molar-refractivity contribution in [1.29, 1.82) is 0 Å². The molecule has 1 aromatic carbocycles. The zero-order valence-electron chi connectivity index (χ0n) is 13.1. The van der Waals surface area contributed by atoms with Gasteiger partial charge in [-0.15, -0.1) is 0 Å². The number of nitrogens with one attached hydrogen (secondary N) is 1. The molecule has 3 nitrogen and oxygen atoms in total. The third kappa shape index (κ3) is 3.58. The third-order valence-corrected chi connectivity index (χ3v) is 4.45. The van der Waals surface area contributed by atoms with Crippen LogP contribution in [-0.2, 0) is 4.79 Å². The number of carbonyl (C=O) groups is 1. The number of benzene rings is 1. The van der Waals surface area contributed by atoms with Crippen LogP contribution in [0.2, 0.25) is 5.02 Å². The number of amides is 1. The first-order valence-corrected chi connectivity index (χ1v) is 8.30. The molecule has 3 unspecified atom stereocenters. The number of nitrogens with zero attached hydrogens (tertiary/aromatic N) is 1. The molecule has 0 spiro atoms. The molecule has 1 heterocycles. The van der Waals surface area contributed by atoms with Crippen LogP contribution >= 0.6 is 11.6 Å². The van der Waals surface area contributed by atoms with Crippen molar-refractivity contribution in [1.82, 2.24) is 10.2 Å². The van der Waals surface area contributed by atoms with Crippen LogP contribution in [0.3, 0.4) is 0 Å². The lowest BCUT2D eigenvalue weighted by Crippen LogP contribution is -2.38. The van der Waals surface area contributed by atoms with E-state index in [4.69, 9.17) is 11.6 Å². The number of unbranched alkanes of at least 4 members (excludes halogenated alkanes) is 1. The van der Waals surface area contributed by atoms with Gasteiger partial charge in [-0.05, 0) is 37.5 Å². The van der Waals surface area contributed by atoms with E-state index in [1.807, 2.05) is 36.1 Å². The minimum Gasteiger partial charge on any atom is -0.319 e. The quantitative estimate of drug-likeness (QED) is 0.857. The van der Waals surface area contributed by atoms with Crippen molar-refractivity contribution >= 4 is 17.5 Å². The molecular formula is C17H25ClN2O. The van der Waals surface area contributed by atoms with E-state index in [0.29, 0.717) is 5.02 Å². The first-order valence-electron chi connectivity index (χ1n) is 7.92. The standard InChI is InChI=1S/C17H25ClN2O/c1-4-6-8-12(3)20-16(19-15(5-2)17(20)21)13-9-7-10-14(18)11-13/h7,9-12,15-16,19H,4-6,8H2,1-3H3. The predicted molar refractivity (Wildman–Crippen MR) is 87.2 cm³/mol. The zero-order valence-corrected chi connectivity index (χ0v) is 13.9.